The number of nitrogens with one attached hydrogen (secondary N) is 2. The molecular weight excluding hydrogens is 366 g/mol. The van der Waals surface area contributed by atoms with Crippen LogP contribution in [-0.4, -0.2) is 36.8 Å². The maximum absolute atomic E-state index is 12.5. The molecule has 9 nitrogen and oxygen atoms in total. The third kappa shape index (κ3) is 3.54. The highest BCUT2D eigenvalue weighted by atomic mass is 16.5. The fourth-order valence-electron chi connectivity index (χ4n) is 2.90. The Morgan fingerprint density at radius 2 is 1.68 bits per heavy atom. The Morgan fingerprint density at radius 3 is 2.29 bits per heavy atom. The average molecular weight is 385 g/mol. The largest absolute Gasteiger partial charge is 0.493 e. The second-order valence-electron chi connectivity index (χ2n) is 5.82. The Bertz CT molecular complexity index is 1120. The van der Waals surface area contributed by atoms with Crippen molar-refractivity contribution in [3.8, 4) is 17.2 Å². The third-order valence-electron chi connectivity index (χ3n) is 4.16. The van der Waals surface area contributed by atoms with Gasteiger partial charge in [0, 0.05) is 17.8 Å². The fourth-order valence-corrected chi connectivity index (χ4v) is 2.90. The van der Waals surface area contributed by atoms with E-state index in [0.717, 1.165) is 0 Å². The second kappa shape index (κ2) is 7.87. The normalized spacial score (nSPS) is 10.5. The number of anilines is 1. The van der Waals surface area contributed by atoms with Crippen LogP contribution in [0.5, 0.6) is 17.2 Å². The molecule has 0 fully saturated rings. The molecule has 1 aromatic heterocycles. The maximum Gasteiger partial charge on any atom is 0.329 e. The molecule has 3 rings (SSSR count). The minimum Gasteiger partial charge on any atom is -0.493 e. The lowest BCUT2D eigenvalue weighted by Gasteiger charge is -2.15. The van der Waals surface area contributed by atoms with Crippen LogP contribution in [0.4, 0.5) is 5.69 Å². The number of fused-ring (bicyclic) bond motifs is 1. The van der Waals surface area contributed by atoms with Crippen molar-refractivity contribution >= 4 is 22.5 Å². The number of benzene rings is 2. The molecule has 1 heterocycles. The molecule has 0 bridgehead atoms. The zero-order chi connectivity index (χ0) is 20.3. The molecule has 0 aliphatic heterocycles. The molecule has 1 amide bonds. The number of nitrogens with zero attached hydrogens (tertiary/aromatic N) is 1. The van der Waals surface area contributed by atoms with Gasteiger partial charge < -0.3 is 19.5 Å². The minimum absolute atomic E-state index is 0.285. The molecule has 2 aromatic carbocycles. The Hall–Kier alpha value is -3.75. The minimum atomic E-state index is -0.663. The molecule has 9 heteroatoms. The van der Waals surface area contributed by atoms with E-state index in [1.807, 2.05) is 0 Å². The molecule has 0 saturated heterocycles. The highest BCUT2D eigenvalue weighted by molar-refractivity contribution is 5.92. The molecule has 146 valence electrons. The monoisotopic (exact) mass is 385 g/mol. The molecule has 0 spiro atoms. The summed E-state index contributed by atoms with van der Waals surface area (Å²) in [6, 6.07) is 9.72. The smallest absolute Gasteiger partial charge is 0.329 e. The van der Waals surface area contributed by atoms with Crippen molar-refractivity contribution in [3.63, 3.8) is 0 Å². The molecule has 0 atom stereocenters. The van der Waals surface area contributed by atoms with E-state index in [1.165, 1.54) is 25.9 Å². The van der Waals surface area contributed by atoms with Gasteiger partial charge in [0.15, 0.2) is 11.5 Å². The van der Waals surface area contributed by atoms with E-state index in [1.54, 1.807) is 36.4 Å². The third-order valence-corrected chi connectivity index (χ3v) is 4.16. The summed E-state index contributed by atoms with van der Waals surface area (Å²) in [6.45, 7) is -0.285. The first-order valence-electron chi connectivity index (χ1n) is 8.30. The lowest BCUT2D eigenvalue weighted by molar-refractivity contribution is -0.116. The van der Waals surface area contributed by atoms with E-state index < -0.39 is 17.2 Å². The summed E-state index contributed by atoms with van der Waals surface area (Å²) in [5.74, 6) is 0.687. The number of H-pyrrole nitrogens is 1. The van der Waals surface area contributed by atoms with Crippen LogP contribution in [0.2, 0.25) is 0 Å². The first-order valence-corrected chi connectivity index (χ1v) is 8.30. The number of methoxy groups -OCH3 is 3. The van der Waals surface area contributed by atoms with E-state index in [9.17, 15) is 14.4 Å². The van der Waals surface area contributed by atoms with E-state index >= 15 is 0 Å². The summed E-state index contributed by atoms with van der Waals surface area (Å²) < 4.78 is 17.0. The van der Waals surface area contributed by atoms with Gasteiger partial charge in [0.1, 0.15) is 6.54 Å². The number of hydrogen-bond acceptors (Lipinski definition) is 6. The van der Waals surface area contributed by atoms with Crippen LogP contribution in [0.25, 0.3) is 10.9 Å². The van der Waals surface area contributed by atoms with Gasteiger partial charge in [-0.05, 0) is 12.1 Å². The van der Waals surface area contributed by atoms with Crippen molar-refractivity contribution in [2.75, 3.05) is 26.6 Å². The van der Waals surface area contributed by atoms with E-state index in [-0.39, 0.29) is 6.54 Å². The lowest BCUT2D eigenvalue weighted by atomic mass is 10.2. The predicted molar refractivity (Wildman–Crippen MR) is 104 cm³/mol. The van der Waals surface area contributed by atoms with Crippen LogP contribution in [0, 0.1) is 0 Å². The first kappa shape index (κ1) is 19.0. The number of para-hydroxylation sites is 1. The molecule has 0 radical (unpaired) electrons. The summed E-state index contributed by atoms with van der Waals surface area (Å²) in [5, 5.41) is 3.01. The number of amides is 1. The van der Waals surface area contributed by atoms with Crippen LogP contribution >= 0.6 is 0 Å². The Kier molecular flexibility index (Phi) is 5.35. The van der Waals surface area contributed by atoms with Gasteiger partial charge >= 0.3 is 5.69 Å². The van der Waals surface area contributed by atoms with Crippen molar-refractivity contribution in [3.05, 3.63) is 57.2 Å². The van der Waals surface area contributed by atoms with Crippen LogP contribution in [-0.2, 0) is 11.3 Å². The highest BCUT2D eigenvalue weighted by Gasteiger charge is 2.16. The molecular formula is C19H19N3O6. The van der Waals surface area contributed by atoms with Crippen molar-refractivity contribution in [1.82, 2.24) is 9.55 Å². The Morgan fingerprint density at radius 1 is 1.04 bits per heavy atom. The average Bonchev–Trinajstić information content (AvgIpc) is 2.70. The van der Waals surface area contributed by atoms with Crippen molar-refractivity contribution < 1.29 is 19.0 Å². The van der Waals surface area contributed by atoms with Crippen LogP contribution in [0.3, 0.4) is 0 Å². The molecule has 0 aliphatic rings. The molecule has 28 heavy (non-hydrogen) atoms. The van der Waals surface area contributed by atoms with Crippen molar-refractivity contribution in [2.45, 2.75) is 6.54 Å². The fraction of sp³-hybridized carbons (Fsp3) is 0.211. The van der Waals surface area contributed by atoms with Gasteiger partial charge in [0.05, 0.1) is 32.2 Å². The summed E-state index contributed by atoms with van der Waals surface area (Å²) in [4.78, 5) is 38.9. The van der Waals surface area contributed by atoms with Gasteiger partial charge in [0.2, 0.25) is 11.7 Å². The number of hydrogen-bond donors (Lipinski definition) is 2. The Labute approximate surface area is 159 Å². The SMILES string of the molecule is COc1cc(NC(=O)Cn2c(=O)[nH]c(=O)c3ccccc32)cc(OC)c1OC. The van der Waals surface area contributed by atoms with Crippen LogP contribution in [0.15, 0.2) is 46.0 Å². The molecule has 0 aliphatic carbocycles. The second-order valence-corrected chi connectivity index (χ2v) is 5.82. The summed E-state index contributed by atoms with van der Waals surface area (Å²) in [5.41, 5.74) is -0.386. The number of ether oxygens (including phenoxy) is 3. The van der Waals surface area contributed by atoms with E-state index in [2.05, 4.69) is 10.3 Å². The van der Waals surface area contributed by atoms with Crippen molar-refractivity contribution in [1.29, 1.82) is 0 Å². The number of carbonyl (C=O) groups is 1. The number of aromatic amines is 1. The maximum atomic E-state index is 12.5. The number of rotatable bonds is 6. The zero-order valence-electron chi connectivity index (χ0n) is 15.6. The lowest BCUT2D eigenvalue weighted by Crippen LogP contribution is -2.34. The van der Waals surface area contributed by atoms with Crippen LogP contribution < -0.4 is 30.8 Å². The predicted octanol–water partition coefficient (Wildman–Crippen LogP) is 1.35. The standard InChI is InChI=1S/C19H19N3O6/c1-26-14-8-11(9-15(27-2)17(14)28-3)20-16(23)10-22-13-7-5-4-6-12(13)18(24)21-19(22)25/h4-9H,10H2,1-3H3,(H,20,23)(H,21,24,25). The van der Waals surface area contributed by atoms with Crippen LogP contribution in [0.1, 0.15) is 0 Å². The highest BCUT2D eigenvalue weighted by Crippen LogP contribution is 2.39. The van der Waals surface area contributed by atoms with Gasteiger partial charge in [0.25, 0.3) is 5.56 Å². The number of carbonyl (C=O) groups excluding carboxylic acids is 1. The zero-order valence-corrected chi connectivity index (χ0v) is 15.6. The summed E-state index contributed by atoms with van der Waals surface area (Å²) in [6.07, 6.45) is 0. The van der Waals surface area contributed by atoms with E-state index in [0.29, 0.717) is 33.8 Å². The van der Waals surface area contributed by atoms with E-state index in [4.69, 9.17) is 14.2 Å². The summed E-state index contributed by atoms with van der Waals surface area (Å²) >= 11 is 0. The van der Waals surface area contributed by atoms with Crippen molar-refractivity contribution in [2.24, 2.45) is 0 Å². The quantitative estimate of drug-likeness (QED) is 0.663. The summed E-state index contributed by atoms with van der Waals surface area (Å²) in [7, 11) is 4.41. The van der Waals surface area contributed by atoms with Gasteiger partial charge in [-0.1, -0.05) is 12.1 Å². The first-order chi connectivity index (χ1) is 13.5. The molecule has 0 unspecified atom stereocenters. The number of aromatic nitrogens is 2. The van der Waals surface area contributed by atoms with Gasteiger partial charge in [-0.15, -0.1) is 0 Å². The van der Waals surface area contributed by atoms with Gasteiger partial charge in [-0.3, -0.25) is 19.1 Å². The molecule has 3 aromatic rings. The topological polar surface area (TPSA) is 112 Å². The Balaban J connectivity index is 1.93. The van der Waals surface area contributed by atoms with Gasteiger partial charge in [-0.2, -0.15) is 0 Å². The van der Waals surface area contributed by atoms with Gasteiger partial charge in [-0.25, -0.2) is 4.79 Å². The molecule has 0 saturated carbocycles. The molecule has 2 N–H and O–H groups in total.